The Kier molecular flexibility index (Phi) is 3.25. The number of phenolic OH excluding ortho intramolecular Hbond substituents is 1. The van der Waals surface area contributed by atoms with Crippen LogP contribution in [0.1, 0.15) is 11.7 Å². The molecule has 2 atom stereocenters. The van der Waals surface area contributed by atoms with Crippen LogP contribution >= 0.6 is 0 Å². The molecule has 0 saturated heterocycles. The molecule has 0 unspecified atom stereocenters. The molecule has 4 N–H and O–H groups in total. The number of aliphatic hydroxyl groups excluding tert-OH is 3. The third-order valence-corrected chi connectivity index (χ3v) is 1.79. The zero-order chi connectivity index (χ0) is 9.84. The summed E-state index contributed by atoms with van der Waals surface area (Å²) in [6.07, 6.45) is -2.31. The molecule has 4 nitrogen and oxygen atoms in total. The fourth-order valence-corrected chi connectivity index (χ4v) is 0.993. The first kappa shape index (κ1) is 9.98. The molecule has 0 aliphatic heterocycles. The molecule has 0 fully saturated rings. The van der Waals surface area contributed by atoms with Gasteiger partial charge >= 0.3 is 0 Å². The minimum atomic E-state index is -1.19. The van der Waals surface area contributed by atoms with Gasteiger partial charge in [0.2, 0.25) is 0 Å². The van der Waals surface area contributed by atoms with Crippen LogP contribution < -0.4 is 0 Å². The molecule has 0 radical (unpaired) electrons. The Morgan fingerprint density at radius 3 is 2.08 bits per heavy atom. The van der Waals surface area contributed by atoms with Crippen molar-refractivity contribution < 1.29 is 20.4 Å². The van der Waals surface area contributed by atoms with Crippen LogP contribution in [0.2, 0.25) is 0 Å². The molecule has 0 aliphatic carbocycles. The van der Waals surface area contributed by atoms with E-state index >= 15 is 0 Å². The number of benzene rings is 1. The Morgan fingerprint density at radius 2 is 1.62 bits per heavy atom. The first-order valence-corrected chi connectivity index (χ1v) is 3.91. The third kappa shape index (κ3) is 2.42. The lowest BCUT2D eigenvalue weighted by Gasteiger charge is -2.15. The van der Waals surface area contributed by atoms with Gasteiger partial charge in [-0.05, 0) is 17.7 Å². The van der Waals surface area contributed by atoms with Crippen LogP contribution in [-0.2, 0) is 0 Å². The molecule has 13 heavy (non-hydrogen) atoms. The van der Waals surface area contributed by atoms with Crippen molar-refractivity contribution in [1.29, 1.82) is 0 Å². The average molecular weight is 184 g/mol. The Morgan fingerprint density at radius 1 is 1.08 bits per heavy atom. The molecule has 0 spiro atoms. The molecule has 0 heterocycles. The maximum absolute atomic E-state index is 9.39. The Balaban J connectivity index is 2.77. The SMILES string of the molecule is OC[C@@H](O)[C@@H](O)c1ccc(O)cc1. The number of phenols is 1. The number of hydrogen-bond donors (Lipinski definition) is 4. The highest BCUT2D eigenvalue weighted by atomic mass is 16.4. The highest BCUT2D eigenvalue weighted by molar-refractivity contribution is 5.27. The van der Waals surface area contributed by atoms with Crippen molar-refractivity contribution in [3.63, 3.8) is 0 Å². The largest absolute Gasteiger partial charge is 0.508 e. The van der Waals surface area contributed by atoms with Gasteiger partial charge in [0.25, 0.3) is 0 Å². The monoisotopic (exact) mass is 184 g/mol. The van der Waals surface area contributed by atoms with Gasteiger partial charge in [0.05, 0.1) is 6.61 Å². The number of hydrogen-bond acceptors (Lipinski definition) is 4. The zero-order valence-corrected chi connectivity index (χ0v) is 6.96. The number of aromatic hydroxyl groups is 1. The van der Waals surface area contributed by atoms with Gasteiger partial charge < -0.3 is 20.4 Å². The second-order valence-corrected chi connectivity index (χ2v) is 2.79. The molecule has 1 aromatic rings. The van der Waals surface area contributed by atoms with E-state index in [-0.39, 0.29) is 5.75 Å². The van der Waals surface area contributed by atoms with Crippen LogP contribution in [0.4, 0.5) is 0 Å². The first-order valence-electron chi connectivity index (χ1n) is 3.91. The molecular weight excluding hydrogens is 172 g/mol. The van der Waals surface area contributed by atoms with Crippen molar-refractivity contribution in [1.82, 2.24) is 0 Å². The number of rotatable bonds is 3. The minimum absolute atomic E-state index is 0.0921. The molecule has 0 aliphatic rings. The van der Waals surface area contributed by atoms with Crippen molar-refractivity contribution in [2.45, 2.75) is 12.2 Å². The maximum atomic E-state index is 9.39. The van der Waals surface area contributed by atoms with E-state index in [1.54, 1.807) is 0 Å². The zero-order valence-electron chi connectivity index (χ0n) is 6.96. The predicted molar refractivity (Wildman–Crippen MR) is 46.2 cm³/mol. The maximum Gasteiger partial charge on any atom is 0.115 e. The molecule has 4 heteroatoms. The molecule has 0 amide bonds. The van der Waals surface area contributed by atoms with Crippen molar-refractivity contribution in [2.75, 3.05) is 6.61 Å². The first-order chi connectivity index (χ1) is 6.15. The summed E-state index contributed by atoms with van der Waals surface area (Å²) in [6.45, 7) is -0.498. The topological polar surface area (TPSA) is 80.9 Å². The van der Waals surface area contributed by atoms with Gasteiger partial charge in [0.15, 0.2) is 0 Å². The van der Waals surface area contributed by atoms with Crippen LogP contribution in [-0.4, -0.2) is 33.1 Å². The van der Waals surface area contributed by atoms with E-state index in [1.807, 2.05) is 0 Å². The van der Waals surface area contributed by atoms with Crippen molar-refractivity contribution in [2.24, 2.45) is 0 Å². The van der Waals surface area contributed by atoms with E-state index in [4.69, 9.17) is 15.3 Å². The predicted octanol–water partition coefficient (Wildman–Crippen LogP) is -0.221. The highest BCUT2D eigenvalue weighted by Crippen LogP contribution is 2.19. The van der Waals surface area contributed by atoms with E-state index in [1.165, 1.54) is 24.3 Å². The van der Waals surface area contributed by atoms with Gasteiger partial charge in [-0.25, -0.2) is 0 Å². The second kappa shape index (κ2) is 4.23. The molecule has 72 valence electrons. The fourth-order valence-electron chi connectivity index (χ4n) is 0.993. The van der Waals surface area contributed by atoms with Crippen molar-refractivity contribution >= 4 is 0 Å². The summed E-state index contributed by atoms with van der Waals surface area (Å²) >= 11 is 0. The standard InChI is InChI=1S/C9H12O4/c10-5-8(12)9(13)6-1-3-7(11)4-2-6/h1-4,8-13H,5H2/t8-,9+/m1/s1. The molecular formula is C9H12O4. The second-order valence-electron chi connectivity index (χ2n) is 2.79. The summed E-state index contributed by atoms with van der Waals surface area (Å²) in [4.78, 5) is 0. The van der Waals surface area contributed by atoms with Gasteiger partial charge in [-0.1, -0.05) is 12.1 Å². The van der Waals surface area contributed by atoms with Crippen LogP contribution in [0.3, 0.4) is 0 Å². The lowest BCUT2D eigenvalue weighted by Crippen LogP contribution is -2.21. The molecule has 0 bridgehead atoms. The van der Waals surface area contributed by atoms with E-state index in [2.05, 4.69) is 0 Å². The summed E-state index contributed by atoms with van der Waals surface area (Å²) < 4.78 is 0. The van der Waals surface area contributed by atoms with E-state index in [9.17, 15) is 5.11 Å². The molecule has 1 aromatic carbocycles. The minimum Gasteiger partial charge on any atom is -0.508 e. The lowest BCUT2D eigenvalue weighted by atomic mass is 10.1. The summed E-state index contributed by atoms with van der Waals surface area (Å²) in [5.41, 5.74) is 0.458. The third-order valence-electron chi connectivity index (χ3n) is 1.79. The summed E-state index contributed by atoms with van der Waals surface area (Å²) in [6, 6.07) is 5.78. The quantitative estimate of drug-likeness (QED) is 0.523. The van der Waals surface area contributed by atoms with Crippen LogP contribution in [0, 0.1) is 0 Å². The Bertz CT molecular complexity index is 257. The molecule has 0 aromatic heterocycles. The van der Waals surface area contributed by atoms with E-state index in [0.717, 1.165) is 0 Å². The summed E-state index contributed by atoms with van der Waals surface area (Å²) in [5.74, 6) is 0.0921. The van der Waals surface area contributed by atoms with Gasteiger partial charge in [-0.2, -0.15) is 0 Å². The molecule has 1 rings (SSSR count). The van der Waals surface area contributed by atoms with E-state index < -0.39 is 18.8 Å². The highest BCUT2D eigenvalue weighted by Gasteiger charge is 2.16. The van der Waals surface area contributed by atoms with Crippen LogP contribution in [0.5, 0.6) is 5.75 Å². The summed E-state index contributed by atoms with van der Waals surface area (Å²) in [7, 11) is 0. The Labute approximate surface area is 75.7 Å². The number of aliphatic hydroxyl groups is 3. The van der Waals surface area contributed by atoms with Crippen LogP contribution in [0.15, 0.2) is 24.3 Å². The van der Waals surface area contributed by atoms with Gasteiger partial charge in [-0.15, -0.1) is 0 Å². The smallest absolute Gasteiger partial charge is 0.115 e. The lowest BCUT2D eigenvalue weighted by molar-refractivity contribution is -0.0152. The van der Waals surface area contributed by atoms with E-state index in [0.29, 0.717) is 5.56 Å². The van der Waals surface area contributed by atoms with Crippen molar-refractivity contribution in [3.8, 4) is 5.75 Å². The average Bonchev–Trinajstić information content (AvgIpc) is 2.17. The van der Waals surface area contributed by atoms with Gasteiger partial charge in [0, 0.05) is 0 Å². The van der Waals surface area contributed by atoms with Gasteiger partial charge in [-0.3, -0.25) is 0 Å². The van der Waals surface area contributed by atoms with Crippen LogP contribution in [0.25, 0.3) is 0 Å². The molecule has 0 saturated carbocycles. The summed E-state index contributed by atoms with van der Waals surface area (Å²) in [5, 5.41) is 36.0. The van der Waals surface area contributed by atoms with Crippen molar-refractivity contribution in [3.05, 3.63) is 29.8 Å². The van der Waals surface area contributed by atoms with Gasteiger partial charge in [0.1, 0.15) is 18.0 Å². The Hall–Kier alpha value is -1.10. The normalized spacial score (nSPS) is 15.3. The fraction of sp³-hybridized carbons (Fsp3) is 0.333.